The van der Waals surface area contributed by atoms with Crippen molar-refractivity contribution in [1.29, 1.82) is 0 Å². The van der Waals surface area contributed by atoms with E-state index in [0.29, 0.717) is 36.3 Å². The van der Waals surface area contributed by atoms with Crippen molar-refractivity contribution in [3.05, 3.63) is 0 Å². The molecule has 2 aliphatic rings. The van der Waals surface area contributed by atoms with Gasteiger partial charge in [0.2, 0.25) is 0 Å². The van der Waals surface area contributed by atoms with Crippen molar-refractivity contribution in [3.8, 4) is 0 Å². The first-order chi connectivity index (χ1) is 9.85. The molecular weight excluding hydrogens is 385 g/mol. The van der Waals surface area contributed by atoms with Gasteiger partial charge in [-0.3, -0.25) is 0 Å². The third kappa shape index (κ3) is 5.56. The molecule has 0 bridgehead atoms. The van der Waals surface area contributed by atoms with Crippen molar-refractivity contribution < 1.29 is 19.0 Å². The molecule has 1 aliphatic heterocycles. The number of ether oxygens (including phenoxy) is 3. The van der Waals surface area contributed by atoms with Crippen LogP contribution in [-0.2, 0) is 14.2 Å². The van der Waals surface area contributed by atoms with E-state index >= 15 is 0 Å². The fraction of sp³-hybridized carbons (Fsp3) is 0.933. The molecule has 2 rings (SSSR count). The highest BCUT2D eigenvalue weighted by Crippen LogP contribution is 2.24. The highest BCUT2D eigenvalue weighted by Gasteiger charge is 2.36. The Hall–Kier alpha value is -0.0800. The molecule has 0 radical (unpaired) electrons. The second kappa shape index (κ2) is 7.46. The van der Waals surface area contributed by atoms with Crippen LogP contribution in [0.3, 0.4) is 0 Å². The highest BCUT2D eigenvalue weighted by atomic mass is 127. The van der Waals surface area contributed by atoms with Crippen LogP contribution >= 0.6 is 22.6 Å². The quantitative estimate of drug-likeness (QED) is 0.397. The average molecular weight is 411 g/mol. The van der Waals surface area contributed by atoms with Crippen molar-refractivity contribution in [2.75, 3.05) is 26.3 Å². The van der Waals surface area contributed by atoms with E-state index in [1.54, 1.807) is 4.90 Å². The molecule has 0 spiro atoms. The van der Waals surface area contributed by atoms with Gasteiger partial charge >= 0.3 is 6.09 Å². The van der Waals surface area contributed by atoms with E-state index in [4.69, 9.17) is 14.2 Å². The minimum atomic E-state index is -0.451. The molecule has 1 saturated carbocycles. The van der Waals surface area contributed by atoms with Gasteiger partial charge in [-0.15, -0.1) is 0 Å². The van der Waals surface area contributed by atoms with E-state index in [0.717, 1.165) is 0 Å². The summed E-state index contributed by atoms with van der Waals surface area (Å²) in [6, 6.07) is 0. The van der Waals surface area contributed by atoms with Crippen molar-refractivity contribution >= 4 is 28.7 Å². The number of nitrogens with zero attached hydrogens (tertiary/aromatic N) is 1. The van der Waals surface area contributed by atoms with E-state index in [1.165, 1.54) is 19.3 Å². The van der Waals surface area contributed by atoms with Crippen LogP contribution in [0.25, 0.3) is 0 Å². The summed E-state index contributed by atoms with van der Waals surface area (Å²) in [5, 5.41) is 0. The third-order valence-electron chi connectivity index (χ3n) is 3.67. The molecule has 0 aromatic rings. The van der Waals surface area contributed by atoms with Gasteiger partial charge in [-0.25, -0.2) is 4.79 Å². The van der Waals surface area contributed by atoms with Gasteiger partial charge in [0.25, 0.3) is 0 Å². The van der Waals surface area contributed by atoms with Crippen LogP contribution in [0.5, 0.6) is 0 Å². The Labute approximate surface area is 140 Å². The van der Waals surface area contributed by atoms with Crippen LogP contribution in [0, 0.1) is 0 Å². The fourth-order valence-corrected chi connectivity index (χ4v) is 3.23. The first-order valence-corrected chi connectivity index (χ1v) is 8.95. The summed E-state index contributed by atoms with van der Waals surface area (Å²) in [5.74, 6) is 0. The summed E-state index contributed by atoms with van der Waals surface area (Å²) in [7, 11) is 0. The number of rotatable bonds is 5. The smallest absolute Gasteiger partial charge is 0.410 e. The van der Waals surface area contributed by atoms with Gasteiger partial charge < -0.3 is 19.1 Å². The lowest BCUT2D eigenvalue weighted by molar-refractivity contribution is -0.0428. The highest BCUT2D eigenvalue weighted by molar-refractivity contribution is 14.1. The normalized spacial score (nSPS) is 26.8. The predicted octanol–water partition coefficient (Wildman–Crippen LogP) is 3.00. The zero-order valence-electron chi connectivity index (χ0n) is 13.1. The summed E-state index contributed by atoms with van der Waals surface area (Å²) in [6.45, 7) is 8.19. The zero-order valence-corrected chi connectivity index (χ0v) is 15.3. The Morgan fingerprint density at radius 2 is 1.86 bits per heavy atom. The van der Waals surface area contributed by atoms with Gasteiger partial charge in [-0.2, -0.15) is 0 Å². The number of halogens is 1. The van der Waals surface area contributed by atoms with Gasteiger partial charge in [0.05, 0.1) is 35.9 Å². The van der Waals surface area contributed by atoms with Gasteiger partial charge in [0.1, 0.15) is 5.60 Å². The lowest BCUT2D eigenvalue weighted by Crippen LogP contribution is -2.36. The summed E-state index contributed by atoms with van der Waals surface area (Å²) in [5.41, 5.74) is -0.451. The molecule has 0 N–H and O–H groups in total. The standard InChI is InChI=1S/C15H26INO4/c1-15(2,3)21-14(18)17-9-12(16)13(10-17)20-8-7-19-11-5-4-6-11/h11-13H,4-10H2,1-3H3. The Balaban J connectivity index is 1.66. The fourth-order valence-electron chi connectivity index (χ4n) is 2.32. The molecule has 1 heterocycles. The number of carbonyl (C=O) groups is 1. The third-order valence-corrected chi connectivity index (χ3v) is 4.87. The Kier molecular flexibility index (Phi) is 6.14. The van der Waals surface area contributed by atoms with Crippen LogP contribution in [0.15, 0.2) is 0 Å². The molecular formula is C15H26INO4. The number of likely N-dealkylation sites (tertiary alicyclic amines) is 1. The molecule has 2 unspecified atom stereocenters. The second-order valence-corrected chi connectivity index (χ2v) is 8.33. The summed E-state index contributed by atoms with van der Waals surface area (Å²) in [6.07, 6.45) is 3.93. The van der Waals surface area contributed by atoms with Crippen molar-refractivity contribution in [2.24, 2.45) is 0 Å². The lowest BCUT2D eigenvalue weighted by Gasteiger charge is -2.26. The van der Waals surface area contributed by atoms with Gasteiger partial charge in [-0.1, -0.05) is 22.6 Å². The molecule has 122 valence electrons. The van der Waals surface area contributed by atoms with E-state index < -0.39 is 5.60 Å². The van der Waals surface area contributed by atoms with Crippen molar-refractivity contribution in [3.63, 3.8) is 0 Å². The maximum atomic E-state index is 12.0. The van der Waals surface area contributed by atoms with E-state index in [9.17, 15) is 4.79 Å². The summed E-state index contributed by atoms with van der Waals surface area (Å²) >= 11 is 2.35. The molecule has 1 aliphatic carbocycles. The molecule has 2 atom stereocenters. The van der Waals surface area contributed by atoms with E-state index in [-0.39, 0.29) is 12.2 Å². The topological polar surface area (TPSA) is 48.0 Å². The Bertz CT molecular complexity index is 354. The van der Waals surface area contributed by atoms with Crippen LogP contribution in [-0.4, -0.2) is 59.0 Å². The summed E-state index contributed by atoms with van der Waals surface area (Å²) in [4.78, 5) is 13.8. The SMILES string of the molecule is CC(C)(C)OC(=O)N1CC(I)C(OCCOC2CCC2)C1. The maximum Gasteiger partial charge on any atom is 0.410 e. The lowest BCUT2D eigenvalue weighted by atomic mass is 9.96. The average Bonchev–Trinajstić information content (AvgIpc) is 2.66. The minimum Gasteiger partial charge on any atom is -0.444 e. The number of amides is 1. The molecule has 0 aromatic heterocycles. The maximum absolute atomic E-state index is 12.0. The molecule has 1 saturated heterocycles. The van der Waals surface area contributed by atoms with Crippen LogP contribution in [0.1, 0.15) is 40.0 Å². The number of hydrogen-bond acceptors (Lipinski definition) is 4. The van der Waals surface area contributed by atoms with Crippen molar-refractivity contribution in [2.45, 2.75) is 61.8 Å². The molecule has 21 heavy (non-hydrogen) atoms. The molecule has 2 fully saturated rings. The van der Waals surface area contributed by atoms with Crippen LogP contribution < -0.4 is 0 Å². The van der Waals surface area contributed by atoms with Crippen molar-refractivity contribution in [1.82, 2.24) is 4.90 Å². The zero-order chi connectivity index (χ0) is 15.5. The monoisotopic (exact) mass is 411 g/mol. The first-order valence-electron chi connectivity index (χ1n) is 7.70. The predicted molar refractivity (Wildman–Crippen MR) is 88.9 cm³/mol. The Morgan fingerprint density at radius 3 is 2.43 bits per heavy atom. The van der Waals surface area contributed by atoms with Gasteiger partial charge in [-0.05, 0) is 40.0 Å². The molecule has 0 aromatic carbocycles. The summed E-state index contributed by atoms with van der Waals surface area (Å²) < 4.78 is 17.2. The van der Waals surface area contributed by atoms with Gasteiger partial charge in [0, 0.05) is 6.54 Å². The minimum absolute atomic E-state index is 0.0723. The van der Waals surface area contributed by atoms with Crippen LogP contribution in [0.2, 0.25) is 0 Å². The van der Waals surface area contributed by atoms with Gasteiger partial charge in [0.15, 0.2) is 0 Å². The molecule has 1 amide bonds. The number of hydrogen-bond donors (Lipinski definition) is 0. The van der Waals surface area contributed by atoms with Crippen LogP contribution in [0.4, 0.5) is 4.79 Å². The van der Waals surface area contributed by atoms with E-state index in [2.05, 4.69) is 22.6 Å². The number of alkyl halides is 1. The first kappa shape index (κ1) is 17.3. The molecule has 6 heteroatoms. The second-order valence-electron chi connectivity index (χ2n) is 6.73. The van der Waals surface area contributed by atoms with E-state index in [1.807, 2.05) is 20.8 Å². The molecule has 5 nitrogen and oxygen atoms in total. The number of carbonyl (C=O) groups excluding carboxylic acids is 1. The Morgan fingerprint density at radius 1 is 1.19 bits per heavy atom. The largest absolute Gasteiger partial charge is 0.444 e.